The minimum atomic E-state index is -0.319. The second-order valence-electron chi connectivity index (χ2n) is 6.00. The van der Waals surface area contributed by atoms with E-state index < -0.39 is 0 Å². The highest BCUT2D eigenvalue weighted by molar-refractivity contribution is 6.11. The molecule has 1 aliphatic heterocycles. The van der Waals surface area contributed by atoms with Crippen LogP contribution in [0.2, 0.25) is 0 Å². The van der Waals surface area contributed by atoms with Gasteiger partial charge < -0.3 is 20.2 Å². The second kappa shape index (κ2) is 5.88. The average Bonchev–Trinajstić information content (AvgIpc) is 3.23. The molecule has 2 heterocycles. The molecule has 0 atom stereocenters. The lowest BCUT2D eigenvalue weighted by atomic mass is 10.1. The molecule has 1 fully saturated rings. The third kappa shape index (κ3) is 2.67. The van der Waals surface area contributed by atoms with E-state index >= 15 is 0 Å². The molecule has 0 saturated carbocycles. The van der Waals surface area contributed by atoms with Crippen molar-refractivity contribution in [3.63, 3.8) is 0 Å². The zero-order valence-corrected chi connectivity index (χ0v) is 13.1. The molecule has 0 bridgehead atoms. The van der Waals surface area contributed by atoms with Crippen LogP contribution in [0.4, 0.5) is 11.4 Å². The van der Waals surface area contributed by atoms with Crippen molar-refractivity contribution in [2.45, 2.75) is 12.8 Å². The van der Waals surface area contributed by atoms with Crippen LogP contribution in [0.5, 0.6) is 0 Å². The molecule has 3 N–H and O–H groups in total. The quantitative estimate of drug-likeness (QED) is 0.693. The van der Waals surface area contributed by atoms with Gasteiger partial charge in [0.25, 0.3) is 5.91 Å². The Balaban J connectivity index is 1.55. The largest absolute Gasteiger partial charge is 0.372 e. The summed E-state index contributed by atoms with van der Waals surface area (Å²) in [4.78, 5) is 31.6. The van der Waals surface area contributed by atoms with Crippen molar-refractivity contribution in [1.29, 1.82) is 0 Å². The standard InChI is InChI=1S/C18H18N4O2/c23-17(14-4-3-5-15-16(14)21-18(24)20-15)19-12-6-8-13(9-7-12)22-10-1-2-11-22/h3-9H,1-2,10-11H2,(H,19,23)(H2,20,21,24). The SMILES string of the molecule is O=C(Nc1ccc(N2CCCC2)cc1)c1cccc2[nH]c(=O)[nH]c12. The summed E-state index contributed by atoms with van der Waals surface area (Å²) in [6.07, 6.45) is 2.47. The number of aromatic amines is 2. The van der Waals surface area contributed by atoms with Crippen molar-refractivity contribution in [3.05, 3.63) is 58.5 Å². The van der Waals surface area contributed by atoms with Crippen LogP contribution in [0.15, 0.2) is 47.3 Å². The Kier molecular flexibility index (Phi) is 3.57. The molecule has 0 radical (unpaired) electrons. The molecule has 1 saturated heterocycles. The van der Waals surface area contributed by atoms with E-state index in [2.05, 4.69) is 20.2 Å². The van der Waals surface area contributed by atoms with Gasteiger partial charge in [-0.25, -0.2) is 4.79 Å². The molecule has 6 nitrogen and oxygen atoms in total. The molecule has 3 aromatic rings. The van der Waals surface area contributed by atoms with Gasteiger partial charge in [0.05, 0.1) is 16.6 Å². The van der Waals surface area contributed by atoms with E-state index in [9.17, 15) is 9.59 Å². The molecule has 0 unspecified atom stereocenters. The number of hydrogen-bond acceptors (Lipinski definition) is 3. The summed E-state index contributed by atoms with van der Waals surface area (Å²) in [5.74, 6) is -0.246. The predicted octanol–water partition coefficient (Wildman–Crippen LogP) is 2.71. The van der Waals surface area contributed by atoms with Crippen LogP contribution in [0.25, 0.3) is 11.0 Å². The summed E-state index contributed by atoms with van der Waals surface area (Å²) in [6, 6.07) is 13.1. The third-order valence-electron chi connectivity index (χ3n) is 4.39. The van der Waals surface area contributed by atoms with Gasteiger partial charge in [0.15, 0.2) is 0 Å². The molecule has 1 aromatic heterocycles. The Hall–Kier alpha value is -3.02. The van der Waals surface area contributed by atoms with E-state index in [-0.39, 0.29) is 11.6 Å². The number of nitrogens with one attached hydrogen (secondary N) is 3. The number of rotatable bonds is 3. The van der Waals surface area contributed by atoms with Crippen molar-refractivity contribution in [2.75, 3.05) is 23.3 Å². The van der Waals surface area contributed by atoms with E-state index in [1.807, 2.05) is 24.3 Å². The van der Waals surface area contributed by atoms with Crippen LogP contribution < -0.4 is 15.9 Å². The fraction of sp³-hybridized carbons (Fsp3) is 0.222. The van der Waals surface area contributed by atoms with Gasteiger partial charge in [-0.05, 0) is 49.2 Å². The number of carbonyl (C=O) groups is 1. The zero-order chi connectivity index (χ0) is 16.5. The number of fused-ring (bicyclic) bond motifs is 1. The van der Waals surface area contributed by atoms with Crippen molar-refractivity contribution in [2.24, 2.45) is 0 Å². The summed E-state index contributed by atoms with van der Waals surface area (Å²) < 4.78 is 0. The maximum atomic E-state index is 12.5. The van der Waals surface area contributed by atoms with Gasteiger partial charge in [-0.3, -0.25) is 4.79 Å². The predicted molar refractivity (Wildman–Crippen MR) is 94.8 cm³/mol. The van der Waals surface area contributed by atoms with E-state index in [1.165, 1.54) is 18.5 Å². The Morgan fingerprint density at radius 3 is 2.50 bits per heavy atom. The lowest BCUT2D eigenvalue weighted by molar-refractivity contribution is 0.102. The van der Waals surface area contributed by atoms with Crippen LogP contribution >= 0.6 is 0 Å². The Morgan fingerprint density at radius 1 is 1.00 bits per heavy atom. The highest BCUT2D eigenvalue weighted by Gasteiger charge is 2.14. The lowest BCUT2D eigenvalue weighted by Crippen LogP contribution is -2.17. The maximum Gasteiger partial charge on any atom is 0.323 e. The van der Waals surface area contributed by atoms with Gasteiger partial charge in [-0.2, -0.15) is 0 Å². The number of imidazole rings is 1. The molecule has 24 heavy (non-hydrogen) atoms. The summed E-state index contributed by atoms with van der Waals surface area (Å²) in [5.41, 5.74) is 3.18. The van der Waals surface area contributed by atoms with Crippen molar-refractivity contribution >= 4 is 28.3 Å². The molecule has 1 amide bonds. The summed E-state index contributed by atoms with van der Waals surface area (Å²) in [6.45, 7) is 2.18. The normalized spacial score (nSPS) is 14.2. The van der Waals surface area contributed by atoms with Crippen molar-refractivity contribution in [3.8, 4) is 0 Å². The number of anilines is 2. The van der Waals surface area contributed by atoms with Crippen LogP contribution in [0.1, 0.15) is 23.2 Å². The first-order chi connectivity index (χ1) is 11.7. The Labute approximate surface area is 138 Å². The molecule has 6 heteroatoms. The smallest absolute Gasteiger partial charge is 0.323 e. The van der Waals surface area contributed by atoms with E-state index in [1.54, 1.807) is 18.2 Å². The van der Waals surface area contributed by atoms with Gasteiger partial charge in [0, 0.05) is 24.5 Å². The van der Waals surface area contributed by atoms with Gasteiger partial charge >= 0.3 is 5.69 Å². The lowest BCUT2D eigenvalue weighted by Gasteiger charge is -2.17. The van der Waals surface area contributed by atoms with Crippen LogP contribution in [-0.4, -0.2) is 29.0 Å². The Morgan fingerprint density at radius 2 is 1.75 bits per heavy atom. The average molecular weight is 322 g/mol. The molecule has 0 aliphatic carbocycles. The van der Waals surface area contributed by atoms with E-state index in [0.717, 1.165) is 18.8 Å². The van der Waals surface area contributed by atoms with Crippen LogP contribution in [0.3, 0.4) is 0 Å². The maximum absolute atomic E-state index is 12.5. The second-order valence-corrected chi connectivity index (χ2v) is 6.00. The molecule has 122 valence electrons. The Bertz CT molecular complexity index is 934. The van der Waals surface area contributed by atoms with Gasteiger partial charge in [0.2, 0.25) is 0 Å². The fourth-order valence-corrected chi connectivity index (χ4v) is 3.18. The van der Waals surface area contributed by atoms with E-state index in [0.29, 0.717) is 16.6 Å². The van der Waals surface area contributed by atoms with Crippen LogP contribution in [0, 0.1) is 0 Å². The first-order valence-electron chi connectivity index (χ1n) is 8.08. The molecule has 1 aliphatic rings. The van der Waals surface area contributed by atoms with Gasteiger partial charge in [-0.15, -0.1) is 0 Å². The minimum absolute atomic E-state index is 0.246. The molecule has 4 rings (SSSR count). The monoisotopic (exact) mass is 322 g/mol. The summed E-state index contributed by atoms with van der Waals surface area (Å²) in [7, 11) is 0. The first kappa shape index (κ1) is 14.6. The minimum Gasteiger partial charge on any atom is -0.372 e. The first-order valence-corrected chi connectivity index (χ1v) is 8.08. The summed E-state index contributed by atoms with van der Waals surface area (Å²) >= 11 is 0. The van der Waals surface area contributed by atoms with Crippen molar-refractivity contribution < 1.29 is 4.79 Å². The zero-order valence-electron chi connectivity index (χ0n) is 13.1. The topological polar surface area (TPSA) is 81.0 Å². The van der Waals surface area contributed by atoms with E-state index in [4.69, 9.17) is 0 Å². The fourth-order valence-electron chi connectivity index (χ4n) is 3.18. The number of H-pyrrole nitrogens is 2. The summed E-state index contributed by atoms with van der Waals surface area (Å²) in [5, 5.41) is 2.88. The molecular formula is C18H18N4O2. The highest BCUT2D eigenvalue weighted by atomic mass is 16.2. The molecule has 2 aromatic carbocycles. The number of nitrogens with zero attached hydrogens (tertiary/aromatic N) is 1. The highest BCUT2D eigenvalue weighted by Crippen LogP contribution is 2.22. The van der Waals surface area contributed by atoms with Gasteiger partial charge in [0.1, 0.15) is 0 Å². The van der Waals surface area contributed by atoms with Gasteiger partial charge in [-0.1, -0.05) is 6.07 Å². The van der Waals surface area contributed by atoms with Crippen LogP contribution in [-0.2, 0) is 0 Å². The number of benzene rings is 2. The number of amides is 1. The molecular weight excluding hydrogens is 304 g/mol. The number of aromatic nitrogens is 2. The number of para-hydroxylation sites is 1. The third-order valence-corrected chi connectivity index (χ3v) is 4.39. The number of hydrogen-bond donors (Lipinski definition) is 3. The van der Waals surface area contributed by atoms with Crippen molar-refractivity contribution in [1.82, 2.24) is 9.97 Å². The number of carbonyl (C=O) groups excluding carboxylic acids is 1. The molecule has 0 spiro atoms.